The molecule has 0 unspecified atom stereocenters. The van der Waals surface area contributed by atoms with Crippen LogP contribution in [-0.4, -0.2) is 49.4 Å². The van der Waals surface area contributed by atoms with Gasteiger partial charge in [-0.25, -0.2) is 14.6 Å². The lowest BCUT2D eigenvalue weighted by Crippen LogP contribution is -2.42. The fourth-order valence-electron chi connectivity index (χ4n) is 7.07. The van der Waals surface area contributed by atoms with E-state index in [9.17, 15) is 5.26 Å². The summed E-state index contributed by atoms with van der Waals surface area (Å²) in [5.41, 5.74) is 10.0. The zero-order chi connectivity index (χ0) is 26.2. The molecule has 7 rings (SSSR count). The number of rotatable bonds is 2. The summed E-state index contributed by atoms with van der Waals surface area (Å²) in [4.78, 5) is 13.2. The van der Waals surface area contributed by atoms with E-state index in [1.807, 2.05) is 4.68 Å². The summed E-state index contributed by atoms with van der Waals surface area (Å²) < 4.78 is 8.15. The van der Waals surface area contributed by atoms with Gasteiger partial charge in [0.2, 0.25) is 0 Å². The maximum atomic E-state index is 9.97. The largest absolute Gasteiger partial charge is 0.389 e. The smallest absolute Gasteiger partial charge is 0.184 e. The molecule has 4 aromatic rings. The molecule has 0 saturated carbocycles. The molecule has 9 nitrogen and oxygen atoms in total. The second-order valence-corrected chi connectivity index (χ2v) is 12.5. The maximum Gasteiger partial charge on any atom is 0.184 e. The van der Waals surface area contributed by atoms with Gasteiger partial charge in [0.25, 0.3) is 0 Å². The molecule has 11 heteroatoms. The summed E-state index contributed by atoms with van der Waals surface area (Å²) in [5, 5.41) is 21.0. The molecule has 0 aromatic carbocycles. The number of nitrogens with two attached hydrogens (primary N) is 1. The molecule has 5 heterocycles. The highest BCUT2D eigenvalue weighted by Gasteiger charge is 2.48. The zero-order valence-electron chi connectivity index (χ0n) is 21.5. The van der Waals surface area contributed by atoms with Crippen molar-refractivity contribution in [2.45, 2.75) is 75.8 Å². The number of nitrogens with zero attached hydrogens (tertiary/aromatic N) is 7. The van der Waals surface area contributed by atoms with Gasteiger partial charge in [0.15, 0.2) is 28.1 Å². The Bertz CT molecular complexity index is 1610. The number of likely N-dealkylation sites (N-methyl/N-ethyl adjacent to an activating group) is 1. The average Bonchev–Trinajstić information content (AvgIpc) is 3.59. The van der Waals surface area contributed by atoms with Crippen LogP contribution in [0, 0.1) is 11.3 Å². The third kappa shape index (κ3) is 3.31. The quantitative estimate of drug-likeness (QED) is 0.359. The van der Waals surface area contributed by atoms with Crippen LogP contribution in [0.2, 0.25) is 5.15 Å². The number of nitrogen functional groups attached to an aromatic ring is 1. The first kappa shape index (κ1) is 24.1. The zero-order valence-corrected chi connectivity index (χ0v) is 23.1. The average molecular weight is 549 g/mol. The lowest BCUT2D eigenvalue weighted by Gasteiger charge is -2.39. The van der Waals surface area contributed by atoms with Gasteiger partial charge in [0.1, 0.15) is 11.1 Å². The van der Waals surface area contributed by atoms with Gasteiger partial charge in [-0.05, 0) is 77.4 Å². The Morgan fingerprint density at radius 3 is 2.89 bits per heavy atom. The molecular formula is C27H29ClN8OS. The predicted molar refractivity (Wildman–Crippen MR) is 146 cm³/mol. The van der Waals surface area contributed by atoms with Crippen LogP contribution >= 0.6 is 22.9 Å². The summed E-state index contributed by atoms with van der Waals surface area (Å²) in [5.74, 6) is 1.38. The van der Waals surface area contributed by atoms with Crippen LogP contribution in [-0.2, 0) is 18.3 Å². The van der Waals surface area contributed by atoms with Gasteiger partial charge in [-0.3, -0.25) is 0 Å². The minimum atomic E-state index is -0.372. The van der Waals surface area contributed by atoms with Gasteiger partial charge >= 0.3 is 0 Å². The van der Waals surface area contributed by atoms with Crippen LogP contribution in [0.3, 0.4) is 0 Å². The Labute approximate surface area is 229 Å². The van der Waals surface area contributed by atoms with Crippen LogP contribution < -0.4 is 5.73 Å². The van der Waals surface area contributed by atoms with Gasteiger partial charge in [0.05, 0.1) is 22.4 Å². The van der Waals surface area contributed by atoms with E-state index >= 15 is 0 Å². The number of likely N-dealkylation sites (tertiary alicyclic amines) is 1. The van der Waals surface area contributed by atoms with Gasteiger partial charge < -0.3 is 15.2 Å². The van der Waals surface area contributed by atoms with Crippen LogP contribution in [0.15, 0.2) is 10.7 Å². The summed E-state index contributed by atoms with van der Waals surface area (Å²) in [6.45, 7) is 3.30. The number of aryl methyl sites for hydroxylation is 1. The fraction of sp³-hybridized carbons (Fsp3) is 0.519. The molecule has 1 saturated heterocycles. The van der Waals surface area contributed by atoms with Crippen LogP contribution in [0.1, 0.15) is 78.8 Å². The highest BCUT2D eigenvalue weighted by Crippen LogP contribution is 2.55. The third-order valence-corrected chi connectivity index (χ3v) is 10.4. The Morgan fingerprint density at radius 1 is 1.26 bits per heavy atom. The van der Waals surface area contributed by atoms with Crippen LogP contribution in [0.25, 0.3) is 22.6 Å². The van der Waals surface area contributed by atoms with Gasteiger partial charge in [0, 0.05) is 22.7 Å². The molecule has 196 valence electrons. The molecule has 3 atom stereocenters. The summed E-state index contributed by atoms with van der Waals surface area (Å²) in [6, 6.07) is 2.87. The van der Waals surface area contributed by atoms with Crippen LogP contribution in [0.5, 0.6) is 0 Å². The Balaban J connectivity index is 1.36. The summed E-state index contributed by atoms with van der Waals surface area (Å²) in [7, 11) is 2.15. The third-order valence-electron chi connectivity index (χ3n) is 9.05. The van der Waals surface area contributed by atoms with E-state index in [-0.39, 0.29) is 11.5 Å². The fourth-order valence-corrected chi connectivity index (χ4v) is 8.44. The van der Waals surface area contributed by atoms with Crippen molar-refractivity contribution < 1.29 is 4.52 Å². The Hall–Kier alpha value is -3.00. The Morgan fingerprint density at radius 2 is 2.08 bits per heavy atom. The predicted octanol–water partition coefficient (Wildman–Crippen LogP) is 5.26. The normalized spacial score (nSPS) is 25.4. The molecule has 3 aliphatic rings. The number of nitriles is 1. The lowest BCUT2D eigenvalue weighted by atomic mass is 9.63. The van der Waals surface area contributed by atoms with E-state index in [1.54, 1.807) is 17.5 Å². The van der Waals surface area contributed by atoms with E-state index < -0.39 is 0 Å². The number of halogens is 1. The molecule has 4 aromatic heterocycles. The molecule has 1 spiro atoms. The number of fused-ring (bicyclic) bond motifs is 5. The SMILES string of the molecule is C[C@@H]1[C@H](n2nc(Cl)c3cnc(-c4noc5c4CCC[C@@]54CCCc5sc(N)c(C#N)c54)nc32)CCCN1C. The summed E-state index contributed by atoms with van der Waals surface area (Å²) >= 11 is 8.10. The summed E-state index contributed by atoms with van der Waals surface area (Å²) in [6.07, 6.45) is 9.49. The van der Waals surface area contributed by atoms with Crippen molar-refractivity contribution >= 4 is 39.0 Å². The van der Waals surface area contributed by atoms with Crippen molar-refractivity contribution in [3.8, 4) is 17.6 Å². The van der Waals surface area contributed by atoms with Crippen LogP contribution in [0.4, 0.5) is 5.00 Å². The molecule has 2 N–H and O–H groups in total. The molecule has 0 bridgehead atoms. The van der Waals surface area contributed by atoms with Crippen molar-refractivity contribution in [3.05, 3.63) is 38.7 Å². The highest BCUT2D eigenvalue weighted by atomic mass is 35.5. The van der Waals surface area contributed by atoms with E-state index in [2.05, 4.69) is 35.1 Å². The first-order chi connectivity index (χ1) is 18.4. The van der Waals surface area contributed by atoms with E-state index in [1.165, 1.54) is 4.88 Å². The number of thiophene rings is 1. The molecule has 0 radical (unpaired) electrons. The second kappa shape index (κ2) is 8.76. The maximum absolute atomic E-state index is 9.97. The first-order valence-corrected chi connectivity index (χ1v) is 14.5. The number of anilines is 1. The standard InChI is InChI=1S/C27H29ClN8OS/c1-14-18(7-5-11-35(14)2)36-26-17(23(28)33-36)13-31-25(32-26)21-15-6-3-9-27(22(15)37-34-21)10-4-8-19-20(27)16(12-29)24(30)38-19/h13-14,18H,3-11,30H2,1-2H3/t14-,18-,27+/m1/s1. The molecule has 1 aliphatic heterocycles. The first-order valence-electron chi connectivity index (χ1n) is 13.3. The molecule has 38 heavy (non-hydrogen) atoms. The van der Waals surface area contributed by atoms with Crippen molar-refractivity contribution in [1.82, 2.24) is 29.8 Å². The lowest BCUT2D eigenvalue weighted by molar-refractivity contribution is 0.133. The monoisotopic (exact) mass is 548 g/mol. The van der Waals surface area contributed by atoms with E-state index in [4.69, 9.17) is 31.9 Å². The van der Waals surface area contributed by atoms with Gasteiger partial charge in [-0.2, -0.15) is 10.4 Å². The van der Waals surface area contributed by atoms with Gasteiger partial charge in [-0.15, -0.1) is 11.3 Å². The Kier molecular flexibility index (Phi) is 5.55. The van der Waals surface area contributed by atoms with Gasteiger partial charge in [-0.1, -0.05) is 16.8 Å². The van der Waals surface area contributed by atoms with E-state index in [0.717, 1.165) is 85.8 Å². The second-order valence-electron chi connectivity index (χ2n) is 11.0. The highest BCUT2D eigenvalue weighted by molar-refractivity contribution is 7.16. The molecule has 0 amide bonds. The minimum Gasteiger partial charge on any atom is -0.389 e. The van der Waals surface area contributed by atoms with E-state index in [0.29, 0.717) is 33.3 Å². The van der Waals surface area contributed by atoms with Crippen molar-refractivity contribution in [2.75, 3.05) is 19.3 Å². The number of hydrogen-bond donors (Lipinski definition) is 1. The number of piperidine rings is 1. The molecule has 2 aliphatic carbocycles. The van der Waals surface area contributed by atoms with Crippen molar-refractivity contribution in [2.24, 2.45) is 0 Å². The molecule has 1 fully saturated rings. The van der Waals surface area contributed by atoms with Crippen molar-refractivity contribution in [3.63, 3.8) is 0 Å². The molecular weight excluding hydrogens is 520 g/mol. The topological polar surface area (TPSA) is 123 Å². The number of aromatic nitrogens is 5. The number of hydrogen-bond acceptors (Lipinski definition) is 9. The minimum absolute atomic E-state index is 0.176. The van der Waals surface area contributed by atoms with Crippen molar-refractivity contribution in [1.29, 1.82) is 5.26 Å².